The molecular weight excluding hydrogens is 424 g/mol. The van der Waals surface area contributed by atoms with Crippen LogP contribution in [0.1, 0.15) is 43.3 Å². The van der Waals surface area contributed by atoms with Crippen LogP contribution in [0.2, 0.25) is 0 Å². The van der Waals surface area contributed by atoms with Gasteiger partial charge in [0.2, 0.25) is 0 Å². The van der Waals surface area contributed by atoms with Crippen LogP contribution in [0, 0.1) is 6.92 Å². The molecule has 0 aliphatic carbocycles. The normalized spacial score (nSPS) is 11.9. The van der Waals surface area contributed by atoms with E-state index in [-0.39, 0.29) is 11.6 Å². The lowest BCUT2D eigenvalue weighted by molar-refractivity contribution is 0.188. The summed E-state index contributed by atoms with van der Waals surface area (Å²) in [4.78, 5) is 33.6. The molecule has 0 spiro atoms. The second-order valence-electron chi connectivity index (χ2n) is 8.48. The zero-order valence-electron chi connectivity index (χ0n) is 19.9. The SMILES string of the molecule is CCCN(C(=O)Nc1ccccc1C)C(C)c1nc2ccccc2c(=O)n1Cc1ccccc1. The Morgan fingerprint density at radius 2 is 1.68 bits per heavy atom. The van der Waals surface area contributed by atoms with Gasteiger partial charge in [-0.2, -0.15) is 0 Å². The van der Waals surface area contributed by atoms with Gasteiger partial charge in [0.15, 0.2) is 0 Å². The van der Waals surface area contributed by atoms with Gasteiger partial charge in [-0.1, -0.05) is 67.6 Å². The van der Waals surface area contributed by atoms with Gasteiger partial charge >= 0.3 is 6.03 Å². The second kappa shape index (κ2) is 10.3. The fourth-order valence-electron chi connectivity index (χ4n) is 4.17. The number of carbonyl (C=O) groups is 1. The van der Waals surface area contributed by atoms with Crippen LogP contribution in [0.25, 0.3) is 10.9 Å². The van der Waals surface area contributed by atoms with Crippen molar-refractivity contribution >= 4 is 22.6 Å². The van der Waals surface area contributed by atoms with Crippen LogP contribution >= 0.6 is 0 Å². The first kappa shape index (κ1) is 23.2. The van der Waals surface area contributed by atoms with Crippen LogP contribution < -0.4 is 10.9 Å². The average molecular weight is 455 g/mol. The van der Waals surface area contributed by atoms with Gasteiger partial charge in [0.25, 0.3) is 5.56 Å². The Kier molecular flexibility index (Phi) is 7.07. The van der Waals surface area contributed by atoms with Crippen LogP contribution in [0.4, 0.5) is 10.5 Å². The van der Waals surface area contributed by atoms with E-state index in [2.05, 4.69) is 5.32 Å². The first-order chi connectivity index (χ1) is 16.5. The molecule has 0 saturated carbocycles. The molecule has 0 fully saturated rings. The van der Waals surface area contributed by atoms with Crippen LogP contribution in [0.5, 0.6) is 0 Å². The molecular formula is C28H30N4O2. The van der Waals surface area contributed by atoms with Gasteiger partial charge in [-0.15, -0.1) is 0 Å². The third kappa shape index (κ3) is 4.86. The van der Waals surface area contributed by atoms with Crippen LogP contribution in [0.3, 0.4) is 0 Å². The molecule has 4 aromatic rings. The molecule has 6 nitrogen and oxygen atoms in total. The molecule has 1 N–H and O–H groups in total. The van der Waals surface area contributed by atoms with Crippen LogP contribution in [0.15, 0.2) is 83.7 Å². The number of rotatable bonds is 7. The standard InChI is InChI=1S/C28H30N4O2/c1-4-18-31(28(34)30-24-16-10-8-12-20(24)2)21(3)26-29-25-17-11-9-15-23(25)27(33)32(26)19-22-13-6-5-7-14-22/h5-17,21H,4,18-19H2,1-3H3,(H,30,34). The topological polar surface area (TPSA) is 67.2 Å². The van der Waals surface area contributed by atoms with E-state index in [4.69, 9.17) is 4.98 Å². The molecule has 174 valence electrons. The van der Waals surface area contributed by atoms with Crippen LogP contribution in [-0.4, -0.2) is 27.0 Å². The number of urea groups is 1. The van der Waals surface area contributed by atoms with Crippen molar-refractivity contribution in [3.8, 4) is 0 Å². The number of carbonyl (C=O) groups excluding carboxylic acids is 1. The van der Waals surface area contributed by atoms with E-state index < -0.39 is 6.04 Å². The van der Waals surface area contributed by atoms with Crippen molar-refractivity contribution in [2.75, 3.05) is 11.9 Å². The van der Waals surface area contributed by atoms with Crippen molar-refractivity contribution in [3.05, 3.63) is 106 Å². The highest BCUT2D eigenvalue weighted by Crippen LogP contribution is 2.23. The quantitative estimate of drug-likeness (QED) is 0.386. The summed E-state index contributed by atoms with van der Waals surface area (Å²) in [6, 6.07) is 24.3. The van der Waals surface area contributed by atoms with Gasteiger partial charge in [0.1, 0.15) is 5.82 Å². The van der Waals surface area contributed by atoms with E-state index in [1.807, 2.05) is 93.6 Å². The highest BCUT2D eigenvalue weighted by Gasteiger charge is 2.26. The van der Waals surface area contributed by atoms with Crippen molar-refractivity contribution in [1.29, 1.82) is 0 Å². The number of amides is 2. The van der Waals surface area contributed by atoms with Crippen molar-refractivity contribution < 1.29 is 4.79 Å². The average Bonchev–Trinajstić information content (AvgIpc) is 2.86. The predicted molar refractivity (Wildman–Crippen MR) is 137 cm³/mol. The Bertz CT molecular complexity index is 1350. The number of nitrogens with one attached hydrogen (secondary N) is 1. The highest BCUT2D eigenvalue weighted by molar-refractivity contribution is 5.90. The van der Waals surface area contributed by atoms with E-state index >= 15 is 0 Å². The van der Waals surface area contributed by atoms with Gasteiger partial charge in [-0.25, -0.2) is 9.78 Å². The zero-order chi connectivity index (χ0) is 24.1. The summed E-state index contributed by atoms with van der Waals surface area (Å²) in [6.07, 6.45) is 0.780. The van der Waals surface area contributed by atoms with Gasteiger partial charge in [-0.05, 0) is 49.6 Å². The number of aromatic nitrogens is 2. The first-order valence-electron chi connectivity index (χ1n) is 11.7. The fourth-order valence-corrected chi connectivity index (χ4v) is 4.17. The minimum Gasteiger partial charge on any atom is -0.315 e. The minimum absolute atomic E-state index is 0.105. The maximum atomic E-state index is 13.5. The zero-order valence-corrected chi connectivity index (χ0v) is 19.9. The summed E-state index contributed by atoms with van der Waals surface area (Å²) in [6.45, 7) is 6.85. The summed E-state index contributed by atoms with van der Waals surface area (Å²) in [7, 11) is 0. The molecule has 3 aromatic carbocycles. The summed E-state index contributed by atoms with van der Waals surface area (Å²) >= 11 is 0. The first-order valence-corrected chi connectivity index (χ1v) is 11.7. The largest absolute Gasteiger partial charge is 0.322 e. The van der Waals surface area contributed by atoms with E-state index in [1.165, 1.54) is 0 Å². The Balaban J connectivity index is 1.77. The van der Waals surface area contributed by atoms with Crippen LogP contribution in [-0.2, 0) is 6.54 Å². The lowest BCUT2D eigenvalue weighted by Crippen LogP contribution is -2.40. The molecule has 6 heteroatoms. The maximum Gasteiger partial charge on any atom is 0.322 e. The number of hydrogen-bond acceptors (Lipinski definition) is 3. The van der Waals surface area contributed by atoms with Crippen molar-refractivity contribution in [3.63, 3.8) is 0 Å². The van der Waals surface area contributed by atoms with Gasteiger partial charge in [0.05, 0.1) is 23.5 Å². The number of aryl methyl sites for hydroxylation is 1. The van der Waals surface area contributed by atoms with Crippen molar-refractivity contribution in [1.82, 2.24) is 14.5 Å². The van der Waals surface area contributed by atoms with Crippen molar-refractivity contribution in [2.45, 2.75) is 39.8 Å². The molecule has 1 aromatic heterocycles. The Morgan fingerprint density at radius 3 is 2.41 bits per heavy atom. The van der Waals surface area contributed by atoms with Gasteiger partial charge in [0, 0.05) is 12.2 Å². The molecule has 0 saturated heterocycles. The molecule has 4 rings (SSSR count). The molecule has 1 atom stereocenters. The van der Waals surface area contributed by atoms with Gasteiger partial charge in [-0.3, -0.25) is 9.36 Å². The number of benzene rings is 3. The number of fused-ring (bicyclic) bond motifs is 1. The number of anilines is 1. The molecule has 0 radical (unpaired) electrons. The summed E-state index contributed by atoms with van der Waals surface area (Å²) in [5.74, 6) is 0.570. The second-order valence-corrected chi connectivity index (χ2v) is 8.48. The highest BCUT2D eigenvalue weighted by atomic mass is 16.2. The van der Waals surface area contributed by atoms with E-state index in [1.54, 1.807) is 15.5 Å². The fraction of sp³-hybridized carbons (Fsp3) is 0.250. The number of nitrogens with zero attached hydrogens (tertiary/aromatic N) is 3. The third-order valence-corrected chi connectivity index (χ3v) is 6.03. The Labute approximate surface area is 199 Å². The maximum absolute atomic E-state index is 13.5. The summed E-state index contributed by atoms with van der Waals surface area (Å²) in [5, 5.41) is 3.61. The summed E-state index contributed by atoms with van der Waals surface area (Å²) in [5.41, 5.74) is 3.29. The molecule has 0 aliphatic rings. The van der Waals surface area contributed by atoms with E-state index in [9.17, 15) is 9.59 Å². The van der Waals surface area contributed by atoms with Crippen molar-refractivity contribution in [2.24, 2.45) is 0 Å². The summed E-state index contributed by atoms with van der Waals surface area (Å²) < 4.78 is 1.70. The molecule has 34 heavy (non-hydrogen) atoms. The number of para-hydroxylation sites is 2. The van der Waals surface area contributed by atoms with E-state index in [0.717, 1.165) is 23.2 Å². The number of hydrogen-bond donors (Lipinski definition) is 1. The van der Waals surface area contributed by atoms with Gasteiger partial charge < -0.3 is 10.2 Å². The van der Waals surface area contributed by atoms with E-state index in [0.29, 0.717) is 29.8 Å². The smallest absolute Gasteiger partial charge is 0.315 e. The molecule has 1 unspecified atom stereocenters. The predicted octanol–water partition coefficient (Wildman–Crippen LogP) is 5.76. The third-order valence-electron chi connectivity index (χ3n) is 6.03. The molecule has 2 amide bonds. The molecule has 0 aliphatic heterocycles. The Morgan fingerprint density at radius 1 is 1.00 bits per heavy atom. The minimum atomic E-state index is -0.412. The lowest BCUT2D eigenvalue weighted by Gasteiger charge is -2.30. The molecule has 0 bridgehead atoms. The Hall–Kier alpha value is -3.93. The monoisotopic (exact) mass is 454 g/mol. The lowest BCUT2D eigenvalue weighted by atomic mass is 10.1. The molecule has 1 heterocycles.